The molecule has 1 saturated heterocycles. The van der Waals surface area contributed by atoms with E-state index in [2.05, 4.69) is 10.2 Å². The lowest BCUT2D eigenvalue weighted by atomic mass is 9.93. The van der Waals surface area contributed by atoms with Crippen LogP contribution in [-0.2, 0) is 9.59 Å². The molecule has 0 aliphatic carbocycles. The number of carbonyl (C=O) groups excluding carboxylic acids is 2. The number of benzene rings is 2. The van der Waals surface area contributed by atoms with E-state index >= 15 is 0 Å². The Kier molecular flexibility index (Phi) is 6.37. The molecule has 2 aromatic rings. The second-order valence-electron chi connectivity index (χ2n) is 6.67. The zero-order valence-corrected chi connectivity index (χ0v) is 16.2. The number of likely N-dealkylation sites (tertiary alicyclic amines) is 1. The van der Waals surface area contributed by atoms with Crippen molar-refractivity contribution in [1.82, 2.24) is 4.90 Å². The minimum absolute atomic E-state index is 0.132. The summed E-state index contributed by atoms with van der Waals surface area (Å²) in [4.78, 5) is 26.6. The summed E-state index contributed by atoms with van der Waals surface area (Å²) in [6.45, 7) is 1.24. The Hall–Kier alpha value is -2.08. The molecule has 0 radical (unpaired) electrons. The highest BCUT2D eigenvalue weighted by molar-refractivity contribution is 6.35. The van der Waals surface area contributed by atoms with Crippen molar-refractivity contribution in [3.05, 3.63) is 64.1 Å². The molecule has 0 saturated carbocycles. The molecular formula is C20H21Cl2N3O2. The fourth-order valence-corrected chi connectivity index (χ4v) is 3.97. The van der Waals surface area contributed by atoms with E-state index in [1.807, 2.05) is 30.3 Å². The third kappa shape index (κ3) is 5.01. The molecule has 0 spiro atoms. The molecule has 1 fully saturated rings. The molecule has 3 rings (SSSR count). The van der Waals surface area contributed by atoms with E-state index in [9.17, 15) is 9.59 Å². The molecular weight excluding hydrogens is 385 g/mol. The van der Waals surface area contributed by atoms with Gasteiger partial charge in [-0.1, -0.05) is 53.5 Å². The van der Waals surface area contributed by atoms with Gasteiger partial charge in [0, 0.05) is 21.7 Å². The minimum atomic E-state index is -0.474. The van der Waals surface area contributed by atoms with E-state index in [0.29, 0.717) is 41.7 Å². The number of halogens is 2. The standard InChI is InChI=1S/C20H21Cl2N3O2/c21-15-10-16(22)12-17(11-15)24-20(27)18(13-4-2-1-3-5-13)25-8-6-14(7-9-25)19(23)26/h1-5,10-12,14,18H,6-9H2,(H2,23,26)(H,24,27). The summed E-state index contributed by atoms with van der Waals surface area (Å²) in [5.41, 5.74) is 6.86. The highest BCUT2D eigenvalue weighted by atomic mass is 35.5. The molecule has 0 aromatic heterocycles. The van der Waals surface area contributed by atoms with Crippen LogP contribution in [0.15, 0.2) is 48.5 Å². The first-order valence-electron chi connectivity index (χ1n) is 8.79. The minimum Gasteiger partial charge on any atom is -0.369 e. The number of nitrogens with two attached hydrogens (primary N) is 1. The molecule has 7 heteroatoms. The molecule has 1 atom stereocenters. The molecule has 1 aliphatic rings. The summed E-state index contributed by atoms with van der Waals surface area (Å²) < 4.78 is 0. The van der Waals surface area contributed by atoms with Gasteiger partial charge in [0.1, 0.15) is 6.04 Å². The van der Waals surface area contributed by atoms with Crippen LogP contribution in [0.1, 0.15) is 24.4 Å². The number of piperidine rings is 1. The van der Waals surface area contributed by atoms with Crippen LogP contribution in [0.3, 0.4) is 0 Å². The number of carbonyl (C=O) groups is 2. The van der Waals surface area contributed by atoms with Gasteiger partial charge in [0.2, 0.25) is 11.8 Å². The summed E-state index contributed by atoms with van der Waals surface area (Å²) in [6.07, 6.45) is 1.30. The molecule has 2 amide bonds. The number of nitrogens with zero attached hydrogens (tertiary/aromatic N) is 1. The van der Waals surface area contributed by atoms with Crippen molar-refractivity contribution in [3.63, 3.8) is 0 Å². The van der Waals surface area contributed by atoms with Crippen LogP contribution in [-0.4, -0.2) is 29.8 Å². The number of hydrogen-bond acceptors (Lipinski definition) is 3. The molecule has 0 bridgehead atoms. The van der Waals surface area contributed by atoms with E-state index in [4.69, 9.17) is 28.9 Å². The summed E-state index contributed by atoms with van der Waals surface area (Å²) in [5.74, 6) is -0.575. The van der Waals surface area contributed by atoms with Gasteiger partial charge >= 0.3 is 0 Å². The Morgan fingerprint density at radius 2 is 1.63 bits per heavy atom. The van der Waals surface area contributed by atoms with E-state index in [-0.39, 0.29) is 17.7 Å². The van der Waals surface area contributed by atoms with Crippen LogP contribution in [0.25, 0.3) is 0 Å². The van der Waals surface area contributed by atoms with Crippen molar-refractivity contribution < 1.29 is 9.59 Å². The highest BCUT2D eigenvalue weighted by Gasteiger charge is 2.32. The van der Waals surface area contributed by atoms with Crippen molar-refractivity contribution in [2.24, 2.45) is 11.7 Å². The van der Waals surface area contributed by atoms with Crippen molar-refractivity contribution >= 4 is 40.7 Å². The summed E-state index contributed by atoms with van der Waals surface area (Å²) in [7, 11) is 0. The van der Waals surface area contributed by atoms with Crippen LogP contribution in [0, 0.1) is 5.92 Å². The van der Waals surface area contributed by atoms with Crippen LogP contribution in [0.5, 0.6) is 0 Å². The Bertz CT molecular complexity index is 801. The first kappa shape index (κ1) is 19.7. The third-order valence-corrected chi connectivity index (χ3v) is 5.23. The van der Waals surface area contributed by atoms with Gasteiger partial charge in [0.25, 0.3) is 0 Å². The van der Waals surface area contributed by atoms with Crippen LogP contribution >= 0.6 is 23.2 Å². The lowest BCUT2D eigenvalue weighted by Crippen LogP contribution is -2.44. The largest absolute Gasteiger partial charge is 0.369 e. The lowest BCUT2D eigenvalue weighted by Gasteiger charge is -2.36. The number of primary amides is 1. The second kappa shape index (κ2) is 8.74. The number of amides is 2. The van der Waals surface area contributed by atoms with Crippen LogP contribution < -0.4 is 11.1 Å². The molecule has 27 heavy (non-hydrogen) atoms. The zero-order chi connectivity index (χ0) is 19.4. The maximum Gasteiger partial charge on any atom is 0.246 e. The van der Waals surface area contributed by atoms with E-state index < -0.39 is 6.04 Å². The first-order chi connectivity index (χ1) is 12.9. The molecule has 3 N–H and O–H groups in total. The predicted molar refractivity (Wildman–Crippen MR) is 108 cm³/mol. The van der Waals surface area contributed by atoms with Crippen molar-refractivity contribution in [2.45, 2.75) is 18.9 Å². The molecule has 2 aromatic carbocycles. The quantitative estimate of drug-likeness (QED) is 0.792. The molecule has 1 heterocycles. The monoisotopic (exact) mass is 405 g/mol. The highest BCUT2D eigenvalue weighted by Crippen LogP contribution is 2.29. The summed E-state index contributed by atoms with van der Waals surface area (Å²) in [5, 5.41) is 3.82. The second-order valence-corrected chi connectivity index (χ2v) is 7.55. The fraction of sp³-hybridized carbons (Fsp3) is 0.300. The first-order valence-corrected chi connectivity index (χ1v) is 9.55. The molecule has 1 aliphatic heterocycles. The van der Waals surface area contributed by atoms with Gasteiger partial charge in [-0.2, -0.15) is 0 Å². The van der Waals surface area contributed by atoms with E-state index in [1.54, 1.807) is 18.2 Å². The van der Waals surface area contributed by atoms with Gasteiger partial charge in [-0.3, -0.25) is 14.5 Å². The summed E-state index contributed by atoms with van der Waals surface area (Å²) >= 11 is 12.1. The smallest absolute Gasteiger partial charge is 0.246 e. The average molecular weight is 406 g/mol. The average Bonchev–Trinajstić information content (AvgIpc) is 2.62. The predicted octanol–water partition coefficient (Wildman–Crippen LogP) is 3.87. The maximum absolute atomic E-state index is 13.1. The van der Waals surface area contributed by atoms with E-state index in [0.717, 1.165) is 5.56 Å². The maximum atomic E-state index is 13.1. The Morgan fingerprint density at radius 3 is 2.19 bits per heavy atom. The Labute approximate surface area is 168 Å². The van der Waals surface area contributed by atoms with Gasteiger partial charge in [-0.15, -0.1) is 0 Å². The topological polar surface area (TPSA) is 75.4 Å². The number of hydrogen-bond donors (Lipinski definition) is 2. The Morgan fingerprint density at radius 1 is 1.04 bits per heavy atom. The van der Waals surface area contributed by atoms with Crippen molar-refractivity contribution in [3.8, 4) is 0 Å². The van der Waals surface area contributed by atoms with Gasteiger partial charge < -0.3 is 11.1 Å². The lowest BCUT2D eigenvalue weighted by molar-refractivity contribution is -0.125. The molecule has 5 nitrogen and oxygen atoms in total. The number of anilines is 1. The Balaban J connectivity index is 1.82. The van der Waals surface area contributed by atoms with Gasteiger partial charge in [0.05, 0.1) is 0 Å². The van der Waals surface area contributed by atoms with Crippen molar-refractivity contribution in [2.75, 3.05) is 18.4 Å². The molecule has 1 unspecified atom stereocenters. The SMILES string of the molecule is NC(=O)C1CCN(C(C(=O)Nc2cc(Cl)cc(Cl)c2)c2ccccc2)CC1. The summed E-state index contributed by atoms with van der Waals surface area (Å²) in [6, 6.07) is 14.0. The zero-order valence-electron chi connectivity index (χ0n) is 14.7. The fourth-order valence-electron chi connectivity index (χ4n) is 3.44. The van der Waals surface area contributed by atoms with Crippen LogP contribution in [0.4, 0.5) is 5.69 Å². The normalized spacial score (nSPS) is 16.7. The van der Waals surface area contributed by atoms with Crippen molar-refractivity contribution in [1.29, 1.82) is 0 Å². The van der Waals surface area contributed by atoms with Gasteiger partial charge in [-0.05, 0) is 49.7 Å². The molecule has 142 valence electrons. The number of rotatable bonds is 5. The third-order valence-electron chi connectivity index (χ3n) is 4.79. The van der Waals surface area contributed by atoms with Gasteiger partial charge in [0.15, 0.2) is 0 Å². The number of nitrogens with one attached hydrogen (secondary N) is 1. The van der Waals surface area contributed by atoms with Crippen LogP contribution in [0.2, 0.25) is 10.0 Å². The van der Waals surface area contributed by atoms with Gasteiger partial charge in [-0.25, -0.2) is 0 Å². The van der Waals surface area contributed by atoms with E-state index in [1.165, 1.54) is 0 Å².